The van der Waals surface area contributed by atoms with Gasteiger partial charge in [-0.3, -0.25) is 0 Å². The van der Waals surface area contributed by atoms with Crippen LogP contribution in [0.3, 0.4) is 0 Å². The largest absolute Gasteiger partial charge is 0.530 e. The molecule has 3 aromatic carbocycles. The van der Waals surface area contributed by atoms with Crippen LogP contribution in [-0.4, -0.2) is 0 Å². The van der Waals surface area contributed by atoms with Crippen LogP contribution < -0.4 is 13.6 Å². The van der Waals surface area contributed by atoms with Gasteiger partial charge in [-0.05, 0) is 56.7 Å². The molecule has 0 N–H and O–H groups in total. The monoisotopic (exact) mass is 352 g/mol. The molecule has 128 valence electrons. The van der Waals surface area contributed by atoms with Gasteiger partial charge in [-0.1, -0.05) is 53.6 Å². The maximum absolute atomic E-state index is 6.03. The van der Waals surface area contributed by atoms with E-state index >= 15 is 0 Å². The molecule has 0 spiro atoms. The first-order valence-corrected chi connectivity index (χ1v) is 9.23. The van der Waals surface area contributed by atoms with E-state index in [0.717, 1.165) is 22.8 Å². The standard InChI is InChI=1S/C21H21O3P/c1-16-8-12-19(13-9-16)22-25(23-20-14-10-17(2)11-15-20)24-21-7-5-4-6-18(21)3/h4-15H,1-3H3. The van der Waals surface area contributed by atoms with Gasteiger partial charge < -0.3 is 13.6 Å². The fourth-order valence-electron chi connectivity index (χ4n) is 2.17. The lowest BCUT2D eigenvalue weighted by Crippen LogP contribution is -2.03. The molecule has 0 aromatic heterocycles. The van der Waals surface area contributed by atoms with Crippen molar-refractivity contribution in [1.82, 2.24) is 0 Å². The summed E-state index contributed by atoms with van der Waals surface area (Å²) >= 11 is 0. The molecule has 0 radical (unpaired) electrons. The molecule has 0 saturated carbocycles. The first-order chi connectivity index (χ1) is 12.1. The molecule has 0 amide bonds. The van der Waals surface area contributed by atoms with E-state index in [9.17, 15) is 0 Å². The Labute approximate surface area is 150 Å². The fourth-order valence-corrected chi connectivity index (χ4v) is 3.23. The lowest BCUT2D eigenvalue weighted by atomic mass is 10.2. The van der Waals surface area contributed by atoms with Gasteiger partial charge in [0.25, 0.3) is 0 Å². The highest BCUT2D eigenvalue weighted by Gasteiger charge is 2.20. The zero-order valence-corrected chi connectivity index (χ0v) is 15.5. The van der Waals surface area contributed by atoms with Gasteiger partial charge in [0, 0.05) is 0 Å². The second-order valence-electron chi connectivity index (χ2n) is 5.89. The third kappa shape index (κ3) is 4.98. The molecule has 0 saturated heterocycles. The first-order valence-electron chi connectivity index (χ1n) is 8.13. The zero-order chi connectivity index (χ0) is 17.6. The summed E-state index contributed by atoms with van der Waals surface area (Å²) in [7, 11) is -1.62. The molecule has 0 aliphatic heterocycles. The lowest BCUT2D eigenvalue weighted by Gasteiger charge is -2.19. The minimum atomic E-state index is -1.62. The third-order valence-corrected chi connectivity index (χ3v) is 4.73. The van der Waals surface area contributed by atoms with Crippen LogP contribution >= 0.6 is 8.60 Å². The summed E-state index contributed by atoms with van der Waals surface area (Å²) in [5.74, 6) is 2.20. The highest BCUT2D eigenvalue weighted by atomic mass is 31.2. The van der Waals surface area contributed by atoms with Crippen LogP contribution in [0.4, 0.5) is 0 Å². The SMILES string of the molecule is Cc1ccc(OP(Oc2ccc(C)cc2)Oc2ccccc2C)cc1. The molecule has 0 bridgehead atoms. The normalized spacial score (nSPS) is 10.6. The second kappa shape index (κ2) is 8.04. The molecule has 0 fully saturated rings. The van der Waals surface area contributed by atoms with Crippen molar-refractivity contribution >= 4 is 8.60 Å². The molecule has 0 aliphatic carbocycles. The summed E-state index contributed by atoms with van der Waals surface area (Å²) in [6, 6.07) is 23.5. The Hall–Kier alpha value is -2.51. The Bertz CT molecular complexity index is 766. The predicted molar refractivity (Wildman–Crippen MR) is 102 cm³/mol. The average Bonchev–Trinajstić information content (AvgIpc) is 2.61. The molecule has 3 aromatic rings. The van der Waals surface area contributed by atoms with Crippen molar-refractivity contribution in [3.8, 4) is 17.2 Å². The fraction of sp³-hybridized carbons (Fsp3) is 0.143. The molecule has 0 heterocycles. The molecular weight excluding hydrogens is 331 g/mol. The van der Waals surface area contributed by atoms with Crippen LogP contribution in [-0.2, 0) is 0 Å². The lowest BCUT2D eigenvalue weighted by molar-refractivity contribution is 0.387. The van der Waals surface area contributed by atoms with E-state index in [0.29, 0.717) is 0 Å². The van der Waals surface area contributed by atoms with Crippen molar-refractivity contribution in [1.29, 1.82) is 0 Å². The maximum atomic E-state index is 6.03. The van der Waals surface area contributed by atoms with Gasteiger partial charge in [-0.25, -0.2) is 0 Å². The minimum Gasteiger partial charge on any atom is -0.409 e. The average molecular weight is 352 g/mol. The topological polar surface area (TPSA) is 27.7 Å². The van der Waals surface area contributed by atoms with E-state index in [1.165, 1.54) is 11.1 Å². The van der Waals surface area contributed by atoms with Crippen LogP contribution in [0.5, 0.6) is 17.2 Å². The quantitative estimate of drug-likeness (QED) is 0.482. The molecule has 25 heavy (non-hydrogen) atoms. The van der Waals surface area contributed by atoms with E-state index in [4.69, 9.17) is 13.6 Å². The van der Waals surface area contributed by atoms with Gasteiger partial charge >= 0.3 is 8.60 Å². The van der Waals surface area contributed by atoms with Crippen LogP contribution in [0.2, 0.25) is 0 Å². The van der Waals surface area contributed by atoms with Crippen LogP contribution in [0.25, 0.3) is 0 Å². The zero-order valence-electron chi connectivity index (χ0n) is 14.6. The van der Waals surface area contributed by atoms with E-state index in [-0.39, 0.29) is 0 Å². The Kier molecular flexibility index (Phi) is 5.57. The van der Waals surface area contributed by atoms with E-state index < -0.39 is 8.60 Å². The second-order valence-corrected chi connectivity index (χ2v) is 6.88. The molecular formula is C21H21O3P. The summed E-state index contributed by atoms with van der Waals surface area (Å²) in [5, 5.41) is 0. The smallest absolute Gasteiger partial charge is 0.409 e. The Morgan fingerprint density at radius 3 is 1.52 bits per heavy atom. The van der Waals surface area contributed by atoms with Gasteiger partial charge in [0.1, 0.15) is 17.2 Å². The number of rotatable bonds is 6. The first kappa shape index (κ1) is 17.3. The van der Waals surface area contributed by atoms with Gasteiger partial charge in [0.05, 0.1) is 0 Å². The number of benzene rings is 3. The molecule has 0 unspecified atom stereocenters. The highest BCUT2D eigenvalue weighted by molar-refractivity contribution is 7.43. The Morgan fingerprint density at radius 2 is 1.04 bits per heavy atom. The van der Waals surface area contributed by atoms with Crippen molar-refractivity contribution in [3.63, 3.8) is 0 Å². The Morgan fingerprint density at radius 1 is 0.560 bits per heavy atom. The van der Waals surface area contributed by atoms with Crippen molar-refractivity contribution < 1.29 is 13.6 Å². The molecule has 3 nitrogen and oxygen atoms in total. The summed E-state index contributed by atoms with van der Waals surface area (Å²) in [5.41, 5.74) is 3.39. The minimum absolute atomic E-state index is 0.720. The van der Waals surface area contributed by atoms with Crippen molar-refractivity contribution in [3.05, 3.63) is 89.5 Å². The summed E-state index contributed by atoms with van der Waals surface area (Å²) in [4.78, 5) is 0. The number of hydrogen-bond donors (Lipinski definition) is 0. The third-order valence-electron chi connectivity index (χ3n) is 3.67. The number of para-hydroxylation sites is 1. The number of aryl methyl sites for hydroxylation is 3. The highest BCUT2D eigenvalue weighted by Crippen LogP contribution is 2.43. The molecule has 0 atom stereocenters. The van der Waals surface area contributed by atoms with E-state index in [2.05, 4.69) is 0 Å². The molecule has 0 aliphatic rings. The van der Waals surface area contributed by atoms with Crippen molar-refractivity contribution in [2.24, 2.45) is 0 Å². The van der Waals surface area contributed by atoms with Gasteiger partial charge in [-0.2, -0.15) is 0 Å². The van der Waals surface area contributed by atoms with E-state index in [1.807, 2.05) is 93.6 Å². The van der Waals surface area contributed by atoms with Gasteiger partial charge in [-0.15, -0.1) is 0 Å². The predicted octanol–water partition coefficient (Wildman–Crippen LogP) is 6.38. The van der Waals surface area contributed by atoms with Gasteiger partial charge in [0.15, 0.2) is 0 Å². The Balaban J connectivity index is 1.80. The maximum Gasteiger partial charge on any atom is 0.530 e. The van der Waals surface area contributed by atoms with Crippen LogP contribution in [0.15, 0.2) is 72.8 Å². The van der Waals surface area contributed by atoms with Crippen molar-refractivity contribution in [2.75, 3.05) is 0 Å². The summed E-state index contributed by atoms with van der Waals surface area (Å²) in [6.45, 7) is 6.08. The molecule has 3 rings (SSSR count). The van der Waals surface area contributed by atoms with Crippen molar-refractivity contribution in [2.45, 2.75) is 20.8 Å². The van der Waals surface area contributed by atoms with Crippen LogP contribution in [0.1, 0.15) is 16.7 Å². The summed E-state index contributed by atoms with van der Waals surface area (Å²) < 4.78 is 18.0. The van der Waals surface area contributed by atoms with Gasteiger partial charge in [0.2, 0.25) is 0 Å². The number of hydrogen-bond acceptors (Lipinski definition) is 3. The summed E-state index contributed by atoms with van der Waals surface area (Å²) in [6.07, 6.45) is 0. The van der Waals surface area contributed by atoms with Crippen LogP contribution in [0, 0.1) is 20.8 Å². The molecule has 4 heteroatoms. The van der Waals surface area contributed by atoms with E-state index in [1.54, 1.807) is 0 Å².